The van der Waals surface area contributed by atoms with E-state index in [1.807, 2.05) is 12.1 Å². The van der Waals surface area contributed by atoms with Crippen LogP contribution in [0.5, 0.6) is 0 Å². The number of carbonyl (C=O) groups is 1. The van der Waals surface area contributed by atoms with Gasteiger partial charge in [-0.3, -0.25) is 4.79 Å². The van der Waals surface area contributed by atoms with Gasteiger partial charge in [0.25, 0.3) is 5.91 Å². The molecule has 1 aliphatic heterocycles. The lowest BCUT2D eigenvalue weighted by Gasteiger charge is -2.13. The zero-order valence-corrected chi connectivity index (χ0v) is 15.6. The summed E-state index contributed by atoms with van der Waals surface area (Å²) < 4.78 is 24.7. The maximum Gasteiger partial charge on any atom is 0.251 e. The fourth-order valence-corrected chi connectivity index (χ4v) is 6.10. The summed E-state index contributed by atoms with van der Waals surface area (Å²) in [4.78, 5) is 16.6. The molecular formula is C21H20N2O3S. The summed E-state index contributed by atoms with van der Waals surface area (Å²) in [7, 11) is -3.34. The summed E-state index contributed by atoms with van der Waals surface area (Å²) in [5.74, 6) is -0.320. The molecule has 3 aromatic rings. The number of sulfone groups is 1. The SMILES string of the molecule is O=C(N[C@@H]1CS(=O)(=O)c2ccccc21)c1ccc2[nH]c3c(c2c1)CCCC3. The van der Waals surface area contributed by atoms with Crippen molar-refractivity contribution in [3.05, 3.63) is 64.8 Å². The predicted octanol–water partition coefficient (Wildman–Crippen LogP) is 3.31. The van der Waals surface area contributed by atoms with Gasteiger partial charge in [-0.05, 0) is 61.1 Å². The number of aromatic amines is 1. The van der Waals surface area contributed by atoms with Gasteiger partial charge in [0.05, 0.1) is 16.7 Å². The lowest BCUT2D eigenvalue weighted by atomic mass is 9.95. The minimum Gasteiger partial charge on any atom is -0.358 e. The Labute approximate surface area is 157 Å². The lowest BCUT2D eigenvalue weighted by Crippen LogP contribution is -2.29. The Morgan fingerprint density at radius 1 is 1.07 bits per heavy atom. The molecular weight excluding hydrogens is 360 g/mol. The molecule has 0 saturated heterocycles. The van der Waals surface area contributed by atoms with Gasteiger partial charge in [-0.1, -0.05) is 18.2 Å². The number of aromatic nitrogens is 1. The molecule has 1 aliphatic carbocycles. The Balaban J connectivity index is 1.47. The summed E-state index contributed by atoms with van der Waals surface area (Å²) >= 11 is 0. The zero-order chi connectivity index (χ0) is 18.6. The van der Waals surface area contributed by atoms with Crippen molar-refractivity contribution >= 4 is 26.6 Å². The van der Waals surface area contributed by atoms with Gasteiger partial charge in [-0.25, -0.2) is 8.42 Å². The topological polar surface area (TPSA) is 79.0 Å². The first-order valence-electron chi connectivity index (χ1n) is 9.29. The maximum absolute atomic E-state index is 12.8. The summed E-state index contributed by atoms with van der Waals surface area (Å²) in [5, 5.41) is 4.02. The van der Waals surface area contributed by atoms with Gasteiger partial charge in [0, 0.05) is 22.2 Å². The number of H-pyrrole nitrogens is 1. The van der Waals surface area contributed by atoms with Crippen molar-refractivity contribution in [1.82, 2.24) is 10.3 Å². The third-order valence-electron chi connectivity index (χ3n) is 5.68. The molecule has 0 fully saturated rings. The number of amides is 1. The molecule has 2 N–H and O–H groups in total. The first kappa shape index (κ1) is 16.6. The van der Waals surface area contributed by atoms with Crippen LogP contribution in [0.15, 0.2) is 47.4 Å². The number of aryl methyl sites for hydroxylation is 2. The molecule has 0 radical (unpaired) electrons. The summed E-state index contributed by atoms with van der Waals surface area (Å²) in [6.07, 6.45) is 4.47. The third kappa shape index (κ3) is 2.67. The molecule has 5 nitrogen and oxygen atoms in total. The van der Waals surface area contributed by atoms with E-state index in [1.54, 1.807) is 30.3 Å². The molecule has 2 aliphatic rings. The zero-order valence-electron chi connectivity index (χ0n) is 14.8. The number of carbonyl (C=O) groups excluding carboxylic acids is 1. The molecule has 2 aromatic carbocycles. The van der Waals surface area contributed by atoms with Gasteiger partial charge in [-0.15, -0.1) is 0 Å². The molecule has 2 heterocycles. The van der Waals surface area contributed by atoms with Gasteiger partial charge >= 0.3 is 0 Å². The van der Waals surface area contributed by atoms with Gasteiger partial charge < -0.3 is 10.3 Å². The number of fused-ring (bicyclic) bond motifs is 4. The number of hydrogen-bond donors (Lipinski definition) is 2. The Morgan fingerprint density at radius 2 is 1.89 bits per heavy atom. The molecule has 1 aromatic heterocycles. The Bertz CT molecular complexity index is 1180. The number of rotatable bonds is 2. The van der Waals surface area contributed by atoms with Crippen LogP contribution in [0.1, 0.15) is 46.1 Å². The molecule has 0 spiro atoms. The van der Waals surface area contributed by atoms with Crippen LogP contribution in [0.3, 0.4) is 0 Å². The average Bonchev–Trinajstić information content (AvgIpc) is 3.16. The van der Waals surface area contributed by atoms with E-state index in [1.165, 1.54) is 24.1 Å². The van der Waals surface area contributed by atoms with Gasteiger partial charge in [-0.2, -0.15) is 0 Å². The van der Waals surface area contributed by atoms with E-state index in [9.17, 15) is 13.2 Å². The number of benzene rings is 2. The van der Waals surface area contributed by atoms with Crippen molar-refractivity contribution < 1.29 is 13.2 Å². The van der Waals surface area contributed by atoms with Crippen molar-refractivity contribution in [2.24, 2.45) is 0 Å². The van der Waals surface area contributed by atoms with Crippen molar-refractivity contribution in [2.45, 2.75) is 36.6 Å². The average molecular weight is 380 g/mol. The predicted molar refractivity (Wildman–Crippen MR) is 104 cm³/mol. The Morgan fingerprint density at radius 3 is 2.78 bits per heavy atom. The highest BCUT2D eigenvalue weighted by Crippen LogP contribution is 2.34. The van der Waals surface area contributed by atoms with Crippen LogP contribution in [0.4, 0.5) is 0 Å². The standard InChI is InChI=1S/C21H20N2O3S/c24-21(23-19-12-27(25,26)20-8-4-2-6-15(19)20)13-9-10-18-16(11-13)14-5-1-3-7-17(14)22-18/h2,4,6,8-11,19,22H,1,3,5,7,12H2,(H,23,24)/t19-/m1/s1. The van der Waals surface area contributed by atoms with Crippen molar-refractivity contribution in [1.29, 1.82) is 0 Å². The van der Waals surface area contributed by atoms with Crippen LogP contribution in [0, 0.1) is 0 Å². The Kier molecular flexibility index (Phi) is 3.65. The minimum atomic E-state index is -3.34. The number of nitrogens with one attached hydrogen (secondary N) is 2. The van der Waals surface area contributed by atoms with Crippen LogP contribution in [0.25, 0.3) is 10.9 Å². The van der Waals surface area contributed by atoms with Gasteiger partial charge in [0.2, 0.25) is 0 Å². The summed E-state index contributed by atoms with van der Waals surface area (Å²) in [6.45, 7) is 0. The molecule has 138 valence electrons. The van der Waals surface area contributed by atoms with Crippen LogP contribution in [-0.4, -0.2) is 25.1 Å². The van der Waals surface area contributed by atoms with Gasteiger partial charge in [0.15, 0.2) is 9.84 Å². The van der Waals surface area contributed by atoms with E-state index in [2.05, 4.69) is 10.3 Å². The highest BCUT2D eigenvalue weighted by atomic mass is 32.2. The highest BCUT2D eigenvalue weighted by molar-refractivity contribution is 7.91. The quantitative estimate of drug-likeness (QED) is 0.716. The third-order valence-corrected chi connectivity index (χ3v) is 7.50. The molecule has 0 unspecified atom stereocenters. The van der Waals surface area contributed by atoms with E-state index in [0.29, 0.717) is 16.0 Å². The lowest BCUT2D eigenvalue weighted by molar-refractivity contribution is 0.0941. The molecule has 1 amide bonds. The molecule has 0 saturated carbocycles. The van der Waals surface area contributed by atoms with Gasteiger partial charge in [0.1, 0.15) is 0 Å². The minimum absolute atomic E-state index is 0.0834. The van der Waals surface area contributed by atoms with E-state index in [4.69, 9.17) is 0 Å². The normalized spacial score (nSPS) is 20.2. The van der Waals surface area contributed by atoms with Crippen molar-refractivity contribution in [3.8, 4) is 0 Å². The summed E-state index contributed by atoms with van der Waals surface area (Å²) in [5.41, 5.74) is 4.90. The van der Waals surface area contributed by atoms with E-state index in [-0.39, 0.29) is 11.7 Å². The van der Waals surface area contributed by atoms with Crippen molar-refractivity contribution in [2.75, 3.05) is 5.75 Å². The van der Waals surface area contributed by atoms with Crippen LogP contribution in [0.2, 0.25) is 0 Å². The molecule has 5 rings (SSSR count). The van der Waals surface area contributed by atoms with Crippen LogP contribution in [-0.2, 0) is 22.7 Å². The maximum atomic E-state index is 12.8. The first-order chi connectivity index (χ1) is 13.0. The van der Waals surface area contributed by atoms with Crippen LogP contribution >= 0.6 is 0 Å². The fourth-order valence-electron chi connectivity index (χ4n) is 4.36. The fraction of sp³-hybridized carbons (Fsp3) is 0.286. The molecule has 27 heavy (non-hydrogen) atoms. The van der Waals surface area contributed by atoms with E-state index in [0.717, 1.165) is 23.7 Å². The second-order valence-corrected chi connectivity index (χ2v) is 9.40. The Hall–Kier alpha value is -2.60. The van der Waals surface area contributed by atoms with Crippen LogP contribution < -0.4 is 5.32 Å². The highest BCUT2D eigenvalue weighted by Gasteiger charge is 2.35. The number of hydrogen-bond acceptors (Lipinski definition) is 3. The molecule has 1 atom stereocenters. The molecule has 6 heteroatoms. The second-order valence-electron chi connectivity index (χ2n) is 7.39. The molecule has 0 bridgehead atoms. The van der Waals surface area contributed by atoms with E-state index >= 15 is 0 Å². The summed E-state index contributed by atoms with van der Waals surface area (Å²) in [6, 6.07) is 12.1. The monoisotopic (exact) mass is 380 g/mol. The van der Waals surface area contributed by atoms with Crippen molar-refractivity contribution in [3.63, 3.8) is 0 Å². The van der Waals surface area contributed by atoms with E-state index < -0.39 is 15.9 Å². The first-order valence-corrected chi connectivity index (χ1v) is 10.9. The smallest absolute Gasteiger partial charge is 0.251 e. The largest absolute Gasteiger partial charge is 0.358 e. The second kappa shape index (κ2) is 5.96.